The molecule has 4 heteroatoms. The average Bonchev–Trinajstić information content (AvgIpc) is 2.89. The van der Waals surface area contributed by atoms with E-state index in [1.54, 1.807) is 0 Å². The van der Waals surface area contributed by atoms with E-state index in [0.717, 1.165) is 23.0 Å². The lowest BCUT2D eigenvalue weighted by molar-refractivity contribution is 0.0978. The molecule has 1 aliphatic heterocycles. The molecule has 0 radical (unpaired) electrons. The van der Waals surface area contributed by atoms with E-state index in [4.69, 9.17) is 0 Å². The molecule has 0 saturated carbocycles. The number of hydrogen-bond acceptors (Lipinski definition) is 3. The number of amides is 1. The highest BCUT2D eigenvalue weighted by Gasteiger charge is 2.32. The molecule has 0 fully saturated rings. The predicted molar refractivity (Wildman–Crippen MR) is 86.0 cm³/mol. The van der Waals surface area contributed by atoms with Crippen LogP contribution in [0.2, 0.25) is 0 Å². The summed E-state index contributed by atoms with van der Waals surface area (Å²) in [4.78, 5) is 23.4. The highest BCUT2D eigenvalue weighted by atomic mass is 16.2. The Kier molecular flexibility index (Phi) is 2.89. The molecule has 0 spiro atoms. The Labute approximate surface area is 128 Å². The molecule has 1 atom stereocenters. The summed E-state index contributed by atoms with van der Waals surface area (Å²) < 4.78 is 0. The summed E-state index contributed by atoms with van der Waals surface area (Å²) in [5.41, 5.74) is 3.46. The summed E-state index contributed by atoms with van der Waals surface area (Å²) in [6.45, 7) is 2.07. The fraction of sp³-hybridized carbons (Fsp3) is 0.167. The summed E-state index contributed by atoms with van der Waals surface area (Å²) in [6, 6.07) is 15.8. The molecule has 1 aliphatic rings. The van der Waals surface area contributed by atoms with Gasteiger partial charge in [0, 0.05) is 17.1 Å². The van der Waals surface area contributed by atoms with Crippen LogP contribution in [-0.4, -0.2) is 21.9 Å². The van der Waals surface area contributed by atoms with Crippen molar-refractivity contribution in [2.75, 3.05) is 4.90 Å². The van der Waals surface area contributed by atoms with Crippen LogP contribution in [-0.2, 0) is 6.42 Å². The molecule has 22 heavy (non-hydrogen) atoms. The molecule has 4 nitrogen and oxygen atoms in total. The van der Waals surface area contributed by atoms with Gasteiger partial charge in [-0.1, -0.05) is 36.4 Å². The first kappa shape index (κ1) is 13.0. The quantitative estimate of drug-likeness (QED) is 0.691. The van der Waals surface area contributed by atoms with Gasteiger partial charge >= 0.3 is 0 Å². The highest BCUT2D eigenvalue weighted by Crippen LogP contribution is 2.33. The molecule has 4 rings (SSSR count). The van der Waals surface area contributed by atoms with E-state index in [0.29, 0.717) is 5.69 Å². The molecular weight excluding hydrogens is 274 g/mol. The number of fused-ring (bicyclic) bond motifs is 2. The van der Waals surface area contributed by atoms with E-state index >= 15 is 0 Å². The third kappa shape index (κ3) is 1.88. The lowest BCUT2D eigenvalue weighted by atomic mass is 10.1. The molecule has 3 aromatic rings. The largest absolute Gasteiger partial charge is 0.304 e. The van der Waals surface area contributed by atoms with E-state index in [9.17, 15) is 4.79 Å². The minimum Gasteiger partial charge on any atom is -0.304 e. The Hall–Kier alpha value is -2.75. The summed E-state index contributed by atoms with van der Waals surface area (Å²) in [5.74, 6) is -0.0592. The van der Waals surface area contributed by atoms with Crippen molar-refractivity contribution >= 4 is 22.5 Å². The second-order valence-corrected chi connectivity index (χ2v) is 5.60. The fourth-order valence-electron chi connectivity index (χ4n) is 3.16. The SMILES string of the molecule is CC1Cc2ccccc2N1C(=O)c1ncnc2ccccc12. The summed E-state index contributed by atoms with van der Waals surface area (Å²) in [5, 5.41) is 0.798. The maximum Gasteiger partial charge on any atom is 0.277 e. The molecule has 2 aromatic carbocycles. The van der Waals surface area contributed by atoms with Crippen LogP contribution >= 0.6 is 0 Å². The van der Waals surface area contributed by atoms with Crippen LogP contribution in [0.4, 0.5) is 5.69 Å². The van der Waals surface area contributed by atoms with Gasteiger partial charge in [-0.3, -0.25) is 4.79 Å². The van der Waals surface area contributed by atoms with Gasteiger partial charge < -0.3 is 4.90 Å². The van der Waals surface area contributed by atoms with Crippen molar-refractivity contribution in [2.45, 2.75) is 19.4 Å². The summed E-state index contributed by atoms with van der Waals surface area (Å²) >= 11 is 0. The Morgan fingerprint density at radius 3 is 2.77 bits per heavy atom. The van der Waals surface area contributed by atoms with Crippen molar-refractivity contribution < 1.29 is 4.79 Å². The van der Waals surface area contributed by atoms with Gasteiger partial charge in [0.05, 0.1) is 5.52 Å². The van der Waals surface area contributed by atoms with E-state index < -0.39 is 0 Å². The van der Waals surface area contributed by atoms with Crippen molar-refractivity contribution in [3.8, 4) is 0 Å². The van der Waals surface area contributed by atoms with Crippen LogP contribution in [0.5, 0.6) is 0 Å². The van der Waals surface area contributed by atoms with E-state index in [1.807, 2.05) is 47.4 Å². The molecule has 1 amide bonds. The van der Waals surface area contributed by atoms with Crippen molar-refractivity contribution in [3.05, 3.63) is 66.1 Å². The Bertz CT molecular complexity index is 870. The van der Waals surface area contributed by atoms with Gasteiger partial charge in [0.2, 0.25) is 0 Å². The average molecular weight is 289 g/mol. The van der Waals surface area contributed by atoms with E-state index in [-0.39, 0.29) is 11.9 Å². The first-order chi connectivity index (χ1) is 10.8. The first-order valence-corrected chi connectivity index (χ1v) is 7.37. The van der Waals surface area contributed by atoms with Gasteiger partial charge in [0.25, 0.3) is 5.91 Å². The molecule has 0 aliphatic carbocycles. The Morgan fingerprint density at radius 1 is 1.09 bits per heavy atom. The maximum atomic E-state index is 13.1. The minimum atomic E-state index is -0.0592. The molecule has 1 unspecified atom stereocenters. The minimum absolute atomic E-state index is 0.0592. The molecule has 1 aromatic heterocycles. The van der Waals surface area contributed by atoms with Crippen molar-refractivity contribution in [1.29, 1.82) is 0 Å². The van der Waals surface area contributed by atoms with Gasteiger partial charge in [0.1, 0.15) is 12.0 Å². The van der Waals surface area contributed by atoms with Gasteiger partial charge in [-0.15, -0.1) is 0 Å². The van der Waals surface area contributed by atoms with Crippen LogP contribution in [0.3, 0.4) is 0 Å². The van der Waals surface area contributed by atoms with Gasteiger partial charge in [-0.25, -0.2) is 9.97 Å². The molecule has 0 bridgehead atoms. The zero-order chi connectivity index (χ0) is 15.1. The maximum absolute atomic E-state index is 13.1. The highest BCUT2D eigenvalue weighted by molar-refractivity contribution is 6.13. The van der Waals surface area contributed by atoms with Crippen LogP contribution in [0.1, 0.15) is 23.0 Å². The van der Waals surface area contributed by atoms with Gasteiger partial charge in [-0.05, 0) is 31.0 Å². The van der Waals surface area contributed by atoms with Crippen LogP contribution in [0.25, 0.3) is 10.9 Å². The Balaban J connectivity index is 1.85. The third-order valence-electron chi connectivity index (χ3n) is 4.17. The fourth-order valence-corrected chi connectivity index (χ4v) is 3.16. The molecular formula is C18H15N3O. The topological polar surface area (TPSA) is 46.1 Å². The number of rotatable bonds is 1. The number of hydrogen-bond donors (Lipinski definition) is 0. The third-order valence-corrected chi connectivity index (χ3v) is 4.17. The van der Waals surface area contributed by atoms with Gasteiger partial charge in [0.15, 0.2) is 0 Å². The van der Waals surface area contributed by atoms with Crippen molar-refractivity contribution in [3.63, 3.8) is 0 Å². The zero-order valence-corrected chi connectivity index (χ0v) is 12.2. The van der Waals surface area contributed by atoms with Crippen LogP contribution in [0, 0.1) is 0 Å². The molecule has 108 valence electrons. The number of carbonyl (C=O) groups excluding carboxylic acids is 1. The number of benzene rings is 2. The predicted octanol–water partition coefficient (Wildman–Crippen LogP) is 3.22. The van der Waals surface area contributed by atoms with Crippen molar-refractivity contribution in [1.82, 2.24) is 9.97 Å². The number of para-hydroxylation sites is 2. The second-order valence-electron chi connectivity index (χ2n) is 5.60. The van der Waals surface area contributed by atoms with E-state index in [2.05, 4.69) is 23.0 Å². The van der Waals surface area contributed by atoms with E-state index in [1.165, 1.54) is 11.9 Å². The molecule has 0 saturated heterocycles. The van der Waals surface area contributed by atoms with Crippen LogP contribution in [0.15, 0.2) is 54.9 Å². The zero-order valence-electron chi connectivity index (χ0n) is 12.2. The number of nitrogens with zero attached hydrogens (tertiary/aromatic N) is 3. The number of aromatic nitrogens is 2. The summed E-state index contributed by atoms with van der Waals surface area (Å²) in [7, 11) is 0. The first-order valence-electron chi connectivity index (χ1n) is 7.37. The second kappa shape index (κ2) is 4.91. The van der Waals surface area contributed by atoms with Gasteiger partial charge in [-0.2, -0.15) is 0 Å². The van der Waals surface area contributed by atoms with Crippen molar-refractivity contribution in [2.24, 2.45) is 0 Å². The number of carbonyl (C=O) groups is 1. The normalized spacial score (nSPS) is 16.8. The van der Waals surface area contributed by atoms with Crippen LogP contribution < -0.4 is 4.90 Å². The molecule has 2 heterocycles. The lowest BCUT2D eigenvalue weighted by Crippen LogP contribution is -2.36. The standard InChI is InChI=1S/C18H15N3O/c1-12-10-13-6-2-5-9-16(13)21(12)18(22)17-14-7-3-4-8-15(14)19-11-20-17/h2-9,11-12H,10H2,1H3. The summed E-state index contributed by atoms with van der Waals surface area (Å²) in [6.07, 6.45) is 2.34. The Morgan fingerprint density at radius 2 is 1.86 bits per heavy atom. The monoisotopic (exact) mass is 289 g/mol. The number of anilines is 1. The smallest absolute Gasteiger partial charge is 0.277 e. The molecule has 0 N–H and O–H groups in total. The lowest BCUT2D eigenvalue weighted by Gasteiger charge is -2.22.